The minimum atomic E-state index is -2.28. The Hall–Kier alpha value is -3.67. The summed E-state index contributed by atoms with van der Waals surface area (Å²) in [5, 5.41) is 13.8. The number of hydrogen-bond donors (Lipinski definition) is 2. The summed E-state index contributed by atoms with van der Waals surface area (Å²) < 4.78 is 27.4. The Kier molecular flexibility index (Phi) is 6.05. The van der Waals surface area contributed by atoms with E-state index in [1.807, 2.05) is 56.8 Å². The number of hydrogen-bond acceptors (Lipinski definition) is 7. The molecule has 1 atom stereocenters. The molecule has 3 aromatic heterocycles. The molecule has 1 unspecified atom stereocenters. The monoisotopic (exact) mass is 489 g/mol. The lowest BCUT2D eigenvalue weighted by atomic mass is 10.0. The molecule has 0 saturated carbocycles. The van der Waals surface area contributed by atoms with Crippen LogP contribution in [0.25, 0.3) is 27.7 Å². The molecule has 10 nitrogen and oxygen atoms in total. The molecule has 11 heteroatoms. The first-order valence-corrected chi connectivity index (χ1v) is 12.2. The molecule has 0 bridgehead atoms. The summed E-state index contributed by atoms with van der Waals surface area (Å²) >= 11 is -2.28. The van der Waals surface area contributed by atoms with E-state index < -0.39 is 11.3 Å². The minimum absolute atomic E-state index is 0.259. The maximum atomic E-state index is 10.7. The third-order valence-corrected chi connectivity index (χ3v) is 6.34. The number of anilines is 1. The summed E-state index contributed by atoms with van der Waals surface area (Å²) in [5.41, 5.74) is 7.58. The molecule has 5 aromatic rings. The standard InChI is InChI=1S/C24H26N8O2S/c1-14-20-11-19(9-10-21(20)31(4)29-14)22-15(2)30-32-23(22)27-16(3)28-24(32)25-12-17-5-7-18(8-6-17)13-26-35(33)34/h5-11,26H,12-13H2,1-4H3,(H,33,34)(H,25,27,28)/p-1. The zero-order valence-electron chi connectivity index (χ0n) is 19.9. The lowest BCUT2D eigenvalue weighted by Crippen LogP contribution is -2.15. The molecule has 2 N–H and O–H groups in total. The molecule has 0 spiro atoms. The zero-order chi connectivity index (χ0) is 24.7. The number of fused-ring (bicyclic) bond motifs is 2. The van der Waals surface area contributed by atoms with E-state index in [2.05, 4.69) is 38.3 Å². The number of nitrogens with one attached hydrogen (secondary N) is 2. The topological polar surface area (TPSA) is 125 Å². The van der Waals surface area contributed by atoms with Gasteiger partial charge in [-0.05, 0) is 49.6 Å². The van der Waals surface area contributed by atoms with Crippen molar-refractivity contribution in [1.29, 1.82) is 0 Å². The molecule has 5 rings (SSSR count). The van der Waals surface area contributed by atoms with Gasteiger partial charge in [0, 0.05) is 42.4 Å². The van der Waals surface area contributed by atoms with Crippen molar-refractivity contribution >= 4 is 33.8 Å². The summed E-state index contributed by atoms with van der Waals surface area (Å²) in [6, 6.07) is 14.0. The van der Waals surface area contributed by atoms with Crippen molar-refractivity contribution in [3.05, 3.63) is 70.8 Å². The molecule has 35 heavy (non-hydrogen) atoms. The maximum Gasteiger partial charge on any atom is 0.227 e. The largest absolute Gasteiger partial charge is 0.760 e. The van der Waals surface area contributed by atoms with E-state index in [1.165, 1.54) is 0 Å². The Morgan fingerprint density at radius 3 is 2.37 bits per heavy atom. The van der Waals surface area contributed by atoms with Crippen LogP contribution in [0.15, 0.2) is 42.5 Å². The first-order chi connectivity index (χ1) is 16.8. The molecule has 3 heterocycles. The Morgan fingerprint density at radius 2 is 1.66 bits per heavy atom. The number of nitrogens with zero attached hydrogens (tertiary/aromatic N) is 6. The van der Waals surface area contributed by atoms with E-state index in [4.69, 9.17) is 10.1 Å². The van der Waals surface area contributed by atoms with Gasteiger partial charge in [0.2, 0.25) is 5.95 Å². The lowest BCUT2D eigenvalue weighted by molar-refractivity contribution is 0.522. The Balaban J connectivity index is 1.46. The molecule has 0 aliphatic heterocycles. The predicted molar refractivity (Wildman–Crippen MR) is 134 cm³/mol. The van der Waals surface area contributed by atoms with Crippen molar-refractivity contribution in [2.45, 2.75) is 33.9 Å². The molecular weight excluding hydrogens is 464 g/mol. The van der Waals surface area contributed by atoms with Crippen LogP contribution in [0.2, 0.25) is 0 Å². The molecule has 0 radical (unpaired) electrons. The van der Waals surface area contributed by atoms with E-state index in [-0.39, 0.29) is 6.54 Å². The van der Waals surface area contributed by atoms with Crippen LogP contribution < -0.4 is 10.0 Å². The highest BCUT2D eigenvalue weighted by atomic mass is 32.2. The van der Waals surface area contributed by atoms with Crippen molar-refractivity contribution in [1.82, 2.24) is 34.1 Å². The van der Waals surface area contributed by atoms with E-state index in [1.54, 1.807) is 4.52 Å². The van der Waals surface area contributed by atoms with Gasteiger partial charge in [-0.3, -0.25) is 8.89 Å². The predicted octanol–water partition coefficient (Wildman–Crippen LogP) is 3.10. The van der Waals surface area contributed by atoms with Crippen LogP contribution in [0.1, 0.15) is 28.3 Å². The second-order valence-electron chi connectivity index (χ2n) is 8.46. The van der Waals surface area contributed by atoms with Crippen molar-refractivity contribution in [2.24, 2.45) is 7.05 Å². The van der Waals surface area contributed by atoms with Gasteiger partial charge < -0.3 is 9.87 Å². The van der Waals surface area contributed by atoms with Crippen LogP contribution in [0.4, 0.5) is 5.95 Å². The van der Waals surface area contributed by atoms with Crippen LogP contribution in [0.5, 0.6) is 0 Å². The first-order valence-electron chi connectivity index (χ1n) is 11.1. The fraction of sp³-hybridized carbons (Fsp3) is 0.250. The van der Waals surface area contributed by atoms with Crippen LogP contribution in [0.3, 0.4) is 0 Å². The van der Waals surface area contributed by atoms with Crippen molar-refractivity contribution in [3.8, 4) is 11.1 Å². The van der Waals surface area contributed by atoms with Crippen LogP contribution in [-0.2, 0) is 31.4 Å². The van der Waals surface area contributed by atoms with Gasteiger partial charge in [-0.1, -0.05) is 30.3 Å². The normalized spacial score (nSPS) is 12.5. The Bertz CT molecular complexity index is 1570. The Morgan fingerprint density at radius 1 is 0.943 bits per heavy atom. The lowest BCUT2D eigenvalue weighted by Gasteiger charge is -2.10. The Labute approximate surface area is 204 Å². The summed E-state index contributed by atoms with van der Waals surface area (Å²) in [7, 11) is 1.95. The molecule has 0 amide bonds. The highest BCUT2D eigenvalue weighted by Gasteiger charge is 2.18. The molecule has 0 aliphatic carbocycles. The minimum Gasteiger partial charge on any atom is -0.760 e. The highest BCUT2D eigenvalue weighted by molar-refractivity contribution is 7.77. The quantitative estimate of drug-likeness (QED) is 0.337. The molecule has 180 valence electrons. The van der Waals surface area contributed by atoms with E-state index in [0.29, 0.717) is 18.3 Å². The van der Waals surface area contributed by atoms with Gasteiger partial charge in [0.1, 0.15) is 5.82 Å². The van der Waals surface area contributed by atoms with Crippen molar-refractivity contribution in [3.63, 3.8) is 0 Å². The van der Waals surface area contributed by atoms with Crippen molar-refractivity contribution < 1.29 is 8.76 Å². The molecular formula is C24H25N8O2S-. The van der Waals surface area contributed by atoms with Crippen molar-refractivity contribution in [2.75, 3.05) is 5.32 Å². The highest BCUT2D eigenvalue weighted by Crippen LogP contribution is 2.31. The summed E-state index contributed by atoms with van der Waals surface area (Å²) in [4.78, 5) is 9.30. The summed E-state index contributed by atoms with van der Waals surface area (Å²) in [6.07, 6.45) is 0. The number of aromatic nitrogens is 6. The fourth-order valence-corrected chi connectivity index (χ4v) is 4.58. The van der Waals surface area contributed by atoms with Gasteiger partial charge in [0.25, 0.3) is 0 Å². The smallest absolute Gasteiger partial charge is 0.227 e. The number of benzene rings is 2. The van der Waals surface area contributed by atoms with Gasteiger partial charge in [0.15, 0.2) is 5.65 Å². The molecule has 0 aliphatic rings. The van der Waals surface area contributed by atoms with Gasteiger partial charge in [-0.2, -0.15) is 19.7 Å². The number of rotatable bonds is 7. The van der Waals surface area contributed by atoms with Gasteiger partial charge in [0.05, 0.1) is 16.9 Å². The first kappa shape index (κ1) is 23.1. The zero-order valence-corrected chi connectivity index (χ0v) is 20.7. The van der Waals surface area contributed by atoms with Gasteiger partial charge in [-0.15, -0.1) is 0 Å². The van der Waals surface area contributed by atoms with E-state index in [0.717, 1.165) is 50.2 Å². The second-order valence-corrected chi connectivity index (χ2v) is 9.22. The fourth-order valence-electron chi connectivity index (χ4n) is 4.29. The third-order valence-electron chi connectivity index (χ3n) is 5.96. The average molecular weight is 490 g/mol. The van der Waals surface area contributed by atoms with E-state index in [9.17, 15) is 8.76 Å². The molecule has 0 saturated heterocycles. The van der Waals surface area contributed by atoms with Gasteiger partial charge >= 0.3 is 0 Å². The summed E-state index contributed by atoms with van der Waals surface area (Å²) in [6.45, 7) is 6.65. The van der Waals surface area contributed by atoms with Crippen LogP contribution in [0, 0.1) is 20.8 Å². The van der Waals surface area contributed by atoms with E-state index >= 15 is 0 Å². The second kappa shape index (κ2) is 9.17. The molecule has 0 fully saturated rings. The van der Waals surface area contributed by atoms with Gasteiger partial charge in [-0.25, -0.2) is 9.71 Å². The third kappa shape index (κ3) is 4.53. The molecule has 2 aromatic carbocycles. The maximum absolute atomic E-state index is 10.7. The average Bonchev–Trinajstić information content (AvgIpc) is 3.31. The van der Waals surface area contributed by atoms with Crippen LogP contribution >= 0.6 is 0 Å². The number of aryl methyl sites for hydroxylation is 4. The van der Waals surface area contributed by atoms with Crippen LogP contribution in [-0.4, -0.2) is 38.1 Å². The SMILES string of the molecule is Cc1nc(NCc2ccc(CNS(=O)[O-])cc2)n2nc(C)c(-c3ccc4c(c3)c(C)nn4C)c2n1. The summed E-state index contributed by atoms with van der Waals surface area (Å²) in [5.74, 6) is 1.25.